The smallest absolute Gasteiger partial charge is 0.347 e. The lowest BCUT2D eigenvalue weighted by molar-refractivity contribution is 0.0700. The van der Waals surface area contributed by atoms with E-state index in [0.717, 1.165) is 49.1 Å². The number of carbonyl (C=O) groups is 1. The molecule has 0 bridgehead atoms. The van der Waals surface area contributed by atoms with Crippen LogP contribution in [-0.2, 0) is 6.54 Å². The van der Waals surface area contributed by atoms with E-state index in [1.165, 1.54) is 24.2 Å². The van der Waals surface area contributed by atoms with Crippen molar-refractivity contribution in [2.75, 3.05) is 13.1 Å². The molecule has 1 aliphatic heterocycles. The van der Waals surface area contributed by atoms with Gasteiger partial charge in [-0.25, -0.2) is 9.78 Å². The number of hydrogen-bond donors (Lipinski definition) is 1. The second kappa shape index (κ2) is 7.36. The van der Waals surface area contributed by atoms with Gasteiger partial charge in [0.15, 0.2) is 0 Å². The number of thiazole rings is 1. The Kier molecular flexibility index (Phi) is 5.76. The first-order valence-corrected chi connectivity index (χ1v) is 8.82. The molecular weight excluding hydrogens is 284 g/mol. The molecule has 1 N–H and O–H groups in total. The normalized spacial score (nSPS) is 20.1. The zero-order valence-electron chi connectivity index (χ0n) is 13.3. The lowest BCUT2D eigenvalue weighted by Crippen LogP contribution is -2.33. The highest BCUT2D eigenvalue weighted by Crippen LogP contribution is 2.31. The van der Waals surface area contributed by atoms with Crippen LogP contribution in [0.5, 0.6) is 0 Å². The quantitative estimate of drug-likeness (QED) is 0.863. The van der Waals surface area contributed by atoms with Crippen LogP contribution in [0, 0.1) is 5.92 Å². The molecule has 2 rings (SSSR count). The molecule has 1 fully saturated rings. The number of nitrogens with zero attached hydrogens (tertiary/aromatic N) is 2. The standard InChI is InChI=1S/C16H26N2O2S/c1-4-12(5-2)14-15(16(19)20)21-13(17-14)10-18-8-6-7-11(3)9-18/h11-12H,4-10H2,1-3H3,(H,19,20). The fourth-order valence-corrected chi connectivity index (χ4v) is 4.20. The van der Waals surface area contributed by atoms with E-state index in [1.54, 1.807) is 0 Å². The Morgan fingerprint density at radius 2 is 2.19 bits per heavy atom. The number of hydrogen-bond acceptors (Lipinski definition) is 4. The number of carboxylic acid groups (broad SMARTS) is 1. The van der Waals surface area contributed by atoms with Crippen molar-refractivity contribution < 1.29 is 9.90 Å². The van der Waals surface area contributed by atoms with E-state index in [4.69, 9.17) is 0 Å². The van der Waals surface area contributed by atoms with Gasteiger partial charge in [-0.1, -0.05) is 20.8 Å². The predicted octanol–water partition coefficient (Wildman–Crippen LogP) is 3.98. The van der Waals surface area contributed by atoms with Gasteiger partial charge in [0, 0.05) is 12.5 Å². The third-order valence-corrected chi connectivity index (χ3v) is 5.41. The number of carboxylic acids is 1. The van der Waals surface area contributed by atoms with Crippen LogP contribution in [0.3, 0.4) is 0 Å². The van der Waals surface area contributed by atoms with E-state index < -0.39 is 5.97 Å². The van der Waals surface area contributed by atoms with Crippen LogP contribution < -0.4 is 0 Å². The minimum absolute atomic E-state index is 0.265. The summed E-state index contributed by atoms with van der Waals surface area (Å²) in [5.74, 6) is 0.171. The summed E-state index contributed by atoms with van der Waals surface area (Å²) in [6.45, 7) is 9.49. The second-order valence-corrected chi connectivity index (χ2v) is 7.21. The third-order valence-electron chi connectivity index (χ3n) is 4.36. The van der Waals surface area contributed by atoms with Gasteiger partial charge in [-0.15, -0.1) is 11.3 Å². The third kappa shape index (κ3) is 4.04. The number of likely N-dealkylation sites (tertiary alicyclic amines) is 1. The molecule has 1 unspecified atom stereocenters. The summed E-state index contributed by atoms with van der Waals surface area (Å²) in [4.78, 5) is 19.0. The molecule has 0 amide bonds. The van der Waals surface area contributed by atoms with E-state index in [-0.39, 0.29) is 5.92 Å². The maximum atomic E-state index is 11.5. The summed E-state index contributed by atoms with van der Waals surface area (Å²) >= 11 is 1.37. The Morgan fingerprint density at radius 3 is 2.76 bits per heavy atom. The van der Waals surface area contributed by atoms with Gasteiger partial charge in [0.1, 0.15) is 9.88 Å². The van der Waals surface area contributed by atoms with Crippen molar-refractivity contribution in [1.82, 2.24) is 9.88 Å². The van der Waals surface area contributed by atoms with Crippen LogP contribution in [-0.4, -0.2) is 34.0 Å². The summed E-state index contributed by atoms with van der Waals surface area (Å²) in [6, 6.07) is 0. The maximum absolute atomic E-state index is 11.5. The van der Waals surface area contributed by atoms with Gasteiger partial charge in [0.2, 0.25) is 0 Å². The van der Waals surface area contributed by atoms with Crippen molar-refractivity contribution in [1.29, 1.82) is 0 Å². The molecule has 1 saturated heterocycles. The minimum Gasteiger partial charge on any atom is -0.477 e. The first-order chi connectivity index (χ1) is 10.0. The van der Waals surface area contributed by atoms with E-state index in [0.29, 0.717) is 4.88 Å². The van der Waals surface area contributed by atoms with Crippen molar-refractivity contribution in [3.8, 4) is 0 Å². The summed E-state index contributed by atoms with van der Waals surface area (Å²) in [7, 11) is 0. The Bertz CT molecular complexity index is 483. The second-order valence-electron chi connectivity index (χ2n) is 6.12. The largest absolute Gasteiger partial charge is 0.477 e. The van der Waals surface area contributed by atoms with Crippen molar-refractivity contribution >= 4 is 17.3 Å². The SMILES string of the molecule is CCC(CC)c1nc(CN2CCCC(C)C2)sc1C(=O)O. The van der Waals surface area contributed by atoms with Gasteiger partial charge < -0.3 is 5.11 Å². The van der Waals surface area contributed by atoms with Crippen LogP contribution in [0.4, 0.5) is 0 Å². The molecular formula is C16H26N2O2S. The Hall–Kier alpha value is -0.940. The Balaban J connectivity index is 2.16. The highest BCUT2D eigenvalue weighted by Gasteiger charge is 2.24. The Morgan fingerprint density at radius 1 is 1.48 bits per heavy atom. The van der Waals surface area contributed by atoms with Crippen LogP contribution >= 0.6 is 11.3 Å². The average Bonchev–Trinajstić information content (AvgIpc) is 2.84. The van der Waals surface area contributed by atoms with E-state index >= 15 is 0 Å². The summed E-state index contributed by atoms with van der Waals surface area (Å²) in [6.07, 6.45) is 4.42. The molecule has 0 saturated carbocycles. The Labute approximate surface area is 131 Å². The maximum Gasteiger partial charge on any atom is 0.347 e. The zero-order chi connectivity index (χ0) is 15.4. The highest BCUT2D eigenvalue weighted by atomic mass is 32.1. The summed E-state index contributed by atoms with van der Waals surface area (Å²) < 4.78 is 0. The van der Waals surface area contributed by atoms with Crippen LogP contribution in [0.15, 0.2) is 0 Å². The van der Waals surface area contributed by atoms with Crippen molar-refractivity contribution in [3.05, 3.63) is 15.6 Å². The molecule has 2 heterocycles. The molecule has 1 aliphatic rings. The molecule has 1 aromatic heterocycles. The summed E-state index contributed by atoms with van der Waals surface area (Å²) in [5, 5.41) is 10.4. The fourth-order valence-electron chi connectivity index (χ4n) is 3.17. The molecule has 0 radical (unpaired) electrons. The number of rotatable bonds is 6. The molecule has 0 spiro atoms. The van der Waals surface area contributed by atoms with E-state index in [9.17, 15) is 9.90 Å². The average molecular weight is 310 g/mol. The highest BCUT2D eigenvalue weighted by molar-refractivity contribution is 7.13. The first kappa shape index (κ1) is 16.4. The van der Waals surface area contributed by atoms with Crippen LogP contribution in [0.25, 0.3) is 0 Å². The van der Waals surface area contributed by atoms with Gasteiger partial charge >= 0.3 is 5.97 Å². The van der Waals surface area contributed by atoms with Crippen LogP contribution in [0.2, 0.25) is 0 Å². The topological polar surface area (TPSA) is 53.4 Å². The van der Waals surface area contributed by atoms with Crippen molar-refractivity contribution in [2.24, 2.45) is 5.92 Å². The molecule has 5 heteroatoms. The summed E-state index contributed by atoms with van der Waals surface area (Å²) in [5.41, 5.74) is 0.803. The molecule has 4 nitrogen and oxygen atoms in total. The lowest BCUT2D eigenvalue weighted by Gasteiger charge is -2.29. The molecule has 118 valence electrons. The van der Waals surface area contributed by atoms with Gasteiger partial charge in [-0.2, -0.15) is 0 Å². The number of aromatic nitrogens is 1. The van der Waals surface area contributed by atoms with Gasteiger partial charge in [0.05, 0.1) is 12.2 Å². The van der Waals surface area contributed by atoms with Gasteiger partial charge in [0.25, 0.3) is 0 Å². The molecule has 0 aliphatic carbocycles. The van der Waals surface area contributed by atoms with Crippen LogP contribution in [0.1, 0.15) is 72.7 Å². The number of aromatic carboxylic acids is 1. The predicted molar refractivity (Wildman–Crippen MR) is 86.1 cm³/mol. The van der Waals surface area contributed by atoms with Gasteiger partial charge in [-0.05, 0) is 38.1 Å². The van der Waals surface area contributed by atoms with E-state index in [2.05, 4.69) is 30.7 Å². The van der Waals surface area contributed by atoms with Crippen molar-refractivity contribution in [2.45, 2.75) is 58.9 Å². The molecule has 21 heavy (non-hydrogen) atoms. The minimum atomic E-state index is -0.826. The lowest BCUT2D eigenvalue weighted by atomic mass is 9.98. The molecule has 1 aromatic rings. The monoisotopic (exact) mass is 310 g/mol. The molecule has 1 atom stereocenters. The molecule has 0 aromatic carbocycles. The van der Waals surface area contributed by atoms with E-state index in [1.807, 2.05) is 0 Å². The fraction of sp³-hybridized carbons (Fsp3) is 0.750. The van der Waals surface area contributed by atoms with Crippen molar-refractivity contribution in [3.63, 3.8) is 0 Å². The first-order valence-electron chi connectivity index (χ1n) is 8.00. The zero-order valence-corrected chi connectivity index (χ0v) is 14.1. The number of piperidine rings is 1. The van der Waals surface area contributed by atoms with Gasteiger partial charge in [-0.3, -0.25) is 4.90 Å².